The zero-order valence-electron chi connectivity index (χ0n) is 12.0. The number of nitrogens with two attached hydrogens (primary N) is 1. The van der Waals surface area contributed by atoms with Crippen LogP contribution in [0.4, 0.5) is 0 Å². The fourth-order valence-corrected chi connectivity index (χ4v) is 1.90. The lowest BCUT2D eigenvalue weighted by atomic mass is 10.0. The van der Waals surface area contributed by atoms with Gasteiger partial charge in [-0.05, 0) is 44.7 Å². The van der Waals surface area contributed by atoms with Gasteiger partial charge in [-0.2, -0.15) is 0 Å². The van der Waals surface area contributed by atoms with Crippen LogP contribution >= 0.6 is 12.4 Å². The molecule has 0 aliphatic rings. The van der Waals surface area contributed by atoms with Crippen LogP contribution in [0.5, 0.6) is 0 Å². The summed E-state index contributed by atoms with van der Waals surface area (Å²) < 4.78 is 0. The molecule has 0 radical (unpaired) electrons. The first-order valence-electron chi connectivity index (χ1n) is 6.57. The zero-order chi connectivity index (χ0) is 13.5. The van der Waals surface area contributed by atoms with Crippen LogP contribution in [-0.2, 0) is 11.2 Å². The lowest BCUT2D eigenvalue weighted by Gasteiger charge is -2.09. The molecular formula is C15H25ClN2O. The maximum atomic E-state index is 11.6. The Morgan fingerprint density at radius 2 is 2.05 bits per heavy atom. The molecule has 0 fully saturated rings. The number of aryl methyl sites for hydroxylation is 3. The van der Waals surface area contributed by atoms with Gasteiger partial charge in [0.05, 0.1) is 0 Å². The molecule has 19 heavy (non-hydrogen) atoms. The van der Waals surface area contributed by atoms with Crippen molar-refractivity contribution in [1.82, 2.24) is 5.32 Å². The van der Waals surface area contributed by atoms with E-state index < -0.39 is 0 Å². The van der Waals surface area contributed by atoms with Gasteiger partial charge in [-0.1, -0.05) is 23.8 Å². The predicted octanol–water partition coefficient (Wildman–Crippen LogP) is 2.51. The molecule has 3 N–H and O–H groups in total. The number of benzene rings is 1. The van der Waals surface area contributed by atoms with Crippen LogP contribution in [0.3, 0.4) is 0 Å². The van der Waals surface area contributed by atoms with E-state index in [1.54, 1.807) is 0 Å². The maximum absolute atomic E-state index is 11.6. The van der Waals surface area contributed by atoms with Crippen molar-refractivity contribution in [2.24, 2.45) is 5.73 Å². The Morgan fingerprint density at radius 3 is 2.63 bits per heavy atom. The Balaban J connectivity index is 0.00000324. The van der Waals surface area contributed by atoms with Crippen LogP contribution in [0.15, 0.2) is 18.2 Å². The smallest absolute Gasteiger partial charge is 0.220 e. The summed E-state index contributed by atoms with van der Waals surface area (Å²) in [5, 5.41) is 2.90. The summed E-state index contributed by atoms with van der Waals surface area (Å²) in [5.41, 5.74) is 9.40. The summed E-state index contributed by atoms with van der Waals surface area (Å²) in [5.74, 6) is 0.107. The molecule has 0 aliphatic carbocycles. The van der Waals surface area contributed by atoms with E-state index in [4.69, 9.17) is 5.73 Å². The number of rotatable bonds is 6. The molecule has 0 spiro atoms. The summed E-state index contributed by atoms with van der Waals surface area (Å²) in [6.45, 7) is 6.79. The summed E-state index contributed by atoms with van der Waals surface area (Å²) >= 11 is 0. The minimum atomic E-state index is 0. The van der Waals surface area contributed by atoms with Crippen molar-refractivity contribution in [3.8, 4) is 0 Å². The van der Waals surface area contributed by atoms with E-state index in [-0.39, 0.29) is 24.4 Å². The molecule has 1 amide bonds. The number of carbonyl (C=O) groups excluding carboxylic acids is 1. The molecule has 1 aromatic carbocycles. The van der Waals surface area contributed by atoms with Gasteiger partial charge in [-0.3, -0.25) is 4.79 Å². The summed E-state index contributed by atoms with van der Waals surface area (Å²) in [4.78, 5) is 11.6. The van der Waals surface area contributed by atoms with Gasteiger partial charge in [0.25, 0.3) is 0 Å². The highest BCUT2D eigenvalue weighted by atomic mass is 35.5. The van der Waals surface area contributed by atoms with Crippen molar-refractivity contribution >= 4 is 18.3 Å². The molecule has 4 heteroatoms. The molecule has 0 saturated heterocycles. The summed E-state index contributed by atoms with van der Waals surface area (Å²) in [6, 6.07) is 6.50. The van der Waals surface area contributed by atoms with Gasteiger partial charge in [0.2, 0.25) is 5.91 Å². The van der Waals surface area contributed by atoms with Gasteiger partial charge >= 0.3 is 0 Å². The minimum absolute atomic E-state index is 0. The van der Waals surface area contributed by atoms with Gasteiger partial charge in [0, 0.05) is 19.0 Å². The fourth-order valence-electron chi connectivity index (χ4n) is 1.90. The molecule has 1 atom stereocenters. The van der Waals surface area contributed by atoms with Gasteiger partial charge in [0.15, 0.2) is 0 Å². The first kappa shape index (κ1) is 17.9. The monoisotopic (exact) mass is 284 g/mol. The van der Waals surface area contributed by atoms with Gasteiger partial charge in [-0.25, -0.2) is 0 Å². The third-order valence-electron chi connectivity index (χ3n) is 3.04. The van der Waals surface area contributed by atoms with Crippen molar-refractivity contribution in [1.29, 1.82) is 0 Å². The fraction of sp³-hybridized carbons (Fsp3) is 0.533. The Kier molecular flexibility index (Phi) is 8.44. The molecule has 0 bridgehead atoms. The maximum Gasteiger partial charge on any atom is 0.220 e. The standard InChI is InChI=1S/C15H24N2O.ClH/c1-11-4-5-14(12(2)10-11)6-7-15(18)17-9-8-13(3)16;/h4-5,10,13H,6-9,16H2,1-3H3,(H,17,18);1H. The quantitative estimate of drug-likeness (QED) is 0.843. The van der Waals surface area contributed by atoms with Crippen molar-refractivity contribution in [3.05, 3.63) is 34.9 Å². The molecule has 0 aromatic heterocycles. The lowest BCUT2D eigenvalue weighted by Crippen LogP contribution is -2.29. The van der Waals surface area contributed by atoms with Crippen LogP contribution in [0.1, 0.15) is 36.5 Å². The molecule has 0 saturated carbocycles. The topological polar surface area (TPSA) is 55.1 Å². The van der Waals surface area contributed by atoms with Gasteiger partial charge < -0.3 is 11.1 Å². The number of hydrogen-bond acceptors (Lipinski definition) is 2. The zero-order valence-corrected chi connectivity index (χ0v) is 12.8. The second-order valence-corrected chi connectivity index (χ2v) is 5.05. The largest absolute Gasteiger partial charge is 0.356 e. The van der Waals surface area contributed by atoms with Crippen molar-refractivity contribution in [2.75, 3.05) is 6.54 Å². The van der Waals surface area contributed by atoms with Crippen molar-refractivity contribution in [2.45, 2.75) is 46.1 Å². The van der Waals surface area contributed by atoms with E-state index in [1.807, 2.05) is 6.92 Å². The van der Waals surface area contributed by atoms with E-state index in [0.29, 0.717) is 13.0 Å². The number of halogens is 1. The second kappa shape index (κ2) is 8.94. The molecular weight excluding hydrogens is 260 g/mol. The molecule has 0 heterocycles. The first-order valence-corrected chi connectivity index (χ1v) is 6.57. The second-order valence-electron chi connectivity index (χ2n) is 5.05. The highest BCUT2D eigenvalue weighted by molar-refractivity contribution is 5.85. The van der Waals surface area contributed by atoms with Crippen LogP contribution in [0.25, 0.3) is 0 Å². The van der Waals surface area contributed by atoms with Gasteiger partial charge in [0.1, 0.15) is 0 Å². The Bertz CT molecular complexity index is 405. The van der Waals surface area contributed by atoms with Crippen molar-refractivity contribution in [3.63, 3.8) is 0 Å². The van der Waals surface area contributed by atoms with E-state index in [0.717, 1.165) is 12.8 Å². The average molecular weight is 285 g/mol. The molecule has 1 aromatic rings. The van der Waals surface area contributed by atoms with Crippen LogP contribution < -0.4 is 11.1 Å². The van der Waals surface area contributed by atoms with E-state index in [1.165, 1.54) is 16.7 Å². The SMILES string of the molecule is Cc1ccc(CCC(=O)NCCC(C)N)c(C)c1.Cl. The van der Waals surface area contributed by atoms with Crippen LogP contribution in [0.2, 0.25) is 0 Å². The van der Waals surface area contributed by atoms with Crippen LogP contribution in [-0.4, -0.2) is 18.5 Å². The number of carbonyl (C=O) groups is 1. The number of nitrogens with one attached hydrogen (secondary N) is 1. The Labute approximate surface area is 122 Å². The highest BCUT2D eigenvalue weighted by Gasteiger charge is 2.04. The first-order chi connectivity index (χ1) is 8.49. The summed E-state index contributed by atoms with van der Waals surface area (Å²) in [6.07, 6.45) is 2.17. The Morgan fingerprint density at radius 1 is 1.37 bits per heavy atom. The highest BCUT2D eigenvalue weighted by Crippen LogP contribution is 2.12. The number of hydrogen-bond donors (Lipinski definition) is 2. The third-order valence-corrected chi connectivity index (χ3v) is 3.04. The molecule has 108 valence electrons. The Hall–Kier alpha value is -1.06. The molecule has 1 rings (SSSR count). The van der Waals surface area contributed by atoms with Crippen molar-refractivity contribution < 1.29 is 4.79 Å². The van der Waals surface area contributed by atoms with E-state index in [9.17, 15) is 4.79 Å². The van der Waals surface area contributed by atoms with E-state index >= 15 is 0 Å². The predicted molar refractivity (Wildman–Crippen MR) is 82.8 cm³/mol. The summed E-state index contributed by atoms with van der Waals surface area (Å²) in [7, 11) is 0. The molecule has 1 unspecified atom stereocenters. The lowest BCUT2D eigenvalue weighted by molar-refractivity contribution is -0.121. The molecule has 3 nitrogen and oxygen atoms in total. The average Bonchev–Trinajstić information content (AvgIpc) is 2.27. The normalized spacial score (nSPS) is 11.6. The van der Waals surface area contributed by atoms with Gasteiger partial charge in [-0.15, -0.1) is 12.4 Å². The molecule has 0 aliphatic heterocycles. The van der Waals surface area contributed by atoms with Crippen LogP contribution in [0, 0.1) is 13.8 Å². The third kappa shape index (κ3) is 7.19. The minimum Gasteiger partial charge on any atom is -0.356 e. The number of amides is 1. The van der Waals surface area contributed by atoms with E-state index in [2.05, 4.69) is 37.4 Å².